The van der Waals surface area contributed by atoms with Gasteiger partial charge in [-0.25, -0.2) is 4.90 Å². The molecule has 15 heavy (non-hydrogen) atoms. The van der Waals surface area contributed by atoms with E-state index in [4.69, 9.17) is 23.2 Å². The zero-order valence-electron chi connectivity index (χ0n) is 8.50. The number of alkyl halides is 2. The Morgan fingerprint density at radius 2 is 1.73 bits per heavy atom. The Morgan fingerprint density at radius 1 is 1.20 bits per heavy atom. The largest absolute Gasteiger partial charge is 0.269 e. The van der Waals surface area contributed by atoms with Gasteiger partial charge in [0.25, 0.3) is 11.8 Å². The van der Waals surface area contributed by atoms with Gasteiger partial charge in [0, 0.05) is 12.2 Å². The van der Waals surface area contributed by atoms with E-state index >= 15 is 0 Å². The van der Waals surface area contributed by atoms with Gasteiger partial charge >= 0.3 is 0 Å². The van der Waals surface area contributed by atoms with E-state index < -0.39 is 16.3 Å². The molecule has 1 aliphatic rings. The van der Waals surface area contributed by atoms with Crippen LogP contribution in [0.15, 0.2) is 12.2 Å². The number of rotatable bonds is 5. The maximum atomic E-state index is 11.3. The van der Waals surface area contributed by atoms with Crippen molar-refractivity contribution in [2.24, 2.45) is 0 Å². The molecule has 2 amide bonds. The highest BCUT2D eigenvalue weighted by Crippen LogP contribution is 2.34. The van der Waals surface area contributed by atoms with Crippen molar-refractivity contribution in [3.8, 4) is 0 Å². The third kappa shape index (κ3) is 2.95. The first-order chi connectivity index (χ1) is 6.99. The number of carbonyl (C=O) groups is 2. The number of hydrogen-bond acceptors (Lipinski definition) is 2. The van der Waals surface area contributed by atoms with Crippen molar-refractivity contribution in [1.82, 2.24) is 4.90 Å². The summed E-state index contributed by atoms with van der Waals surface area (Å²) in [5.41, 5.74) is 0. The molecule has 0 saturated carbocycles. The van der Waals surface area contributed by atoms with Crippen LogP contribution in [0.5, 0.6) is 0 Å². The molecule has 0 aromatic heterocycles. The molecule has 84 valence electrons. The summed E-state index contributed by atoms with van der Waals surface area (Å²) in [7, 11) is 0. The van der Waals surface area contributed by atoms with Gasteiger partial charge in [-0.05, 0) is 12.8 Å². The second kappa shape index (κ2) is 4.99. The molecule has 1 aliphatic heterocycles. The van der Waals surface area contributed by atoms with Gasteiger partial charge in [-0.3, -0.25) is 9.59 Å². The summed E-state index contributed by atoms with van der Waals surface area (Å²) in [5, 5.41) is 0. The molecule has 0 bridgehead atoms. The first kappa shape index (κ1) is 12.5. The summed E-state index contributed by atoms with van der Waals surface area (Å²) in [5.74, 6) is -0.886. The van der Waals surface area contributed by atoms with Crippen molar-refractivity contribution in [3.05, 3.63) is 12.2 Å². The minimum absolute atomic E-state index is 0.406. The molecule has 0 fully saturated rings. The van der Waals surface area contributed by atoms with Crippen molar-refractivity contribution in [1.29, 1.82) is 0 Å². The van der Waals surface area contributed by atoms with Gasteiger partial charge in [0.05, 0.1) is 0 Å². The molecule has 0 aromatic carbocycles. The normalized spacial score (nSPS) is 16.6. The lowest BCUT2D eigenvalue weighted by atomic mass is 10.2. The van der Waals surface area contributed by atoms with Crippen molar-refractivity contribution in [2.75, 3.05) is 0 Å². The second-order valence-electron chi connectivity index (χ2n) is 3.47. The molecule has 0 unspecified atom stereocenters. The van der Waals surface area contributed by atoms with Crippen LogP contribution in [-0.2, 0) is 9.59 Å². The van der Waals surface area contributed by atoms with Crippen LogP contribution >= 0.6 is 23.2 Å². The van der Waals surface area contributed by atoms with Crippen LogP contribution in [0.25, 0.3) is 0 Å². The fourth-order valence-electron chi connectivity index (χ4n) is 1.42. The van der Waals surface area contributed by atoms with E-state index in [0.717, 1.165) is 24.2 Å². The molecule has 1 heterocycles. The molecular weight excluding hydrogens is 237 g/mol. The van der Waals surface area contributed by atoms with Crippen LogP contribution < -0.4 is 0 Å². The monoisotopic (exact) mass is 249 g/mol. The van der Waals surface area contributed by atoms with Gasteiger partial charge < -0.3 is 0 Å². The van der Waals surface area contributed by atoms with Gasteiger partial charge in [0.15, 0.2) is 4.46 Å². The predicted octanol–water partition coefficient (Wildman–Crippen LogP) is 2.62. The highest BCUT2D eigenvalue weighted by atomic mass is 35.5. The van der Waals surface area contributed by atoms with Gasteiger partial charge in [-0.2, -0.15) is 0 Å². The molecule has 0 atom stereocenters. The average molecular weight is 250 g/mol. The third-order valence-corrected chi connectivity index (χ3v) is 2.93. The number of imide groups is 1. The van der Waals surface area contributed by atoms with Crippen molar-refractivity contribution in [2.45, 2.75) is 37.1 Å². The van der Waals surface area contributed by atoms with Crippen LogP contribution in [-0.4, -0.2) is 21.2 Å². The van der Waals surface area contributed by atoms with Crippen LogP contribution in [0, 0.1) is 0 Å². The number of hydrogen-bond donors (Lipinski definition) is 0. The maximum absolute atomic E-state index is 11.3. The lowest BCUT2D eigenvalue weighted by Crippen LogP contribution is -2.44. The third-order valence-electron chi connectivity index (χ3n) is 2.22. The SMILES string of the molecule is CCCCCC(Cl)(Cl)N1C(=O)C=CC1=O. The molecule has 1 rings (SSSR count). The first-order valence-electron chi connectivity index (χ1n) is 4.93. The zero-order chi connectivity index (χ0) is 11.5. The Kier molecular flexibility index (Phi) is 4.17. The quantitative estimate of drug-likeness (QED) is 0.325. The van der Waals surface area contributed by atoms with Crippen LogP contribution in [0.3, 0.4) is 0 Å². The van der Waals surface area contributed by atoms with Crippen LogP contribution in [0.1, 0.15) is 32.6 Å². The van der Waals surface area contributed by atoms with E-state index in [0.29, 0.717) is 6.42 Å². The van der Waals surface area contributed by atoms with E-state index in [-0.39, 0.29) is 0 Å². The first-order valence-corrected chi connectivity index (χ1v) is 5.68. The Hall–Kier alpha value is -0.540. The van der Waals surface area contributed by atoms with Crippen molar-refractivity contribution in [3.63, 3.8) is 0 Å². The Balaban J connectivity index is 2.60. The Morgan fingerprint density at radius 3 is 2.20 bits per heavy atom. The lowest BCUT2D eigenvalue weighted by Gasteiger charge is -2.28. The molecule has 5 heteroatoms. The topological polar surface area (TPSA) is 37.4 Å². The van der Waals surface area contributed by atoms with E-state index in [1.165, 1.54) is 12.2 Å². The van der Waals surface area contributed by atoms with E-state index in [2.05, 4.69) is 6.92 Å². The predicted molar refractivity (Wildman–Crippen MR) is 59.6 cm³/mol. The van der Waals surface area contributed by atoms with Crippen molar-refractivity contribution < 1.29 is 9.59 Å². The summed E-state index contributed by atoms with van der Waals surface area (Å²) in [4.78, 5) is 23.5. The fraction of sp³-hybridized carbons (Fsp3) is 0.600. The number of amides is 2. The van der Waals surface area contributed by atoms with Gasteiger partial charge in [-0.1, -0.05) is 43.0 Å². The molecule has 3 nitrogen and oxygen atoms in total. The molecule has 0 aliphatic carbocycles. The summed E-state index contributed by atoms with van der Waals surface area (Å²) in [6, 6.07) is 0. The Bertz CT molecular complexity index is 282. The van der Waals surface area contributed by atoms with E-state index in [1.807, 2.05) is 0 Å². The van der Waals surface area contributed by atoms with Crippen LogP contribution in [0.4, 0.5) is 0 Å². The average Bonchev–Trinajstić information content (AvgIpc) is 2.46. The minimum atomic E-state index is -1.41. The number of carbonyl (C=O) groups excluding carboxylic acids is 2. The molecule has 0 radical (unpaired) electrons. The number of nitrogens with zero attached hydrogens (tertiary/aromatic N) is 1. The number of halogens is 2. The smallest absolute Gasteiger partial charge is 0.256 e. The molecular formula is C10H13Cl2NO2. The highest BCUT2D eigenvalue weighted by Gasteiger charge is 2.40. The molecule has 0 spiro atoms. The van der Waals surface area contributed by atoms with Gasteiger partial charge in [0.1, 0.15) is 0 Å². The van der Waals surface area contributed by atoms with Crippen molar-refractivity contribution >= 4 is 35.0 Å². The van der Waals surface area contributed by atoms with Crippen LogP contribution in [0.2, 0.25) is 0 Å². The fourth-order valence-corrected chi connectivity index (χ4v) is 2.02. The molecule has 0 saturated heterocycles. The van der Waals surface area contributed by atoms with E-state index in [9.17, 15) is 9.59 Å². The summed E-state index contributed by atoms with van der Waals surface area (Å²) in [6.07, 6.45) is 5.57. The highest BCUT2D eigenvalue weighted by molar-refractivity contribution is 6.50. The second-order valence-corrected chi connectivity index (χ2v) is 4.91. The molecule has 0 N–H and O–H groups in total. The minimum Gasteiger partial charge on any atom is -0.269 e. The summed E-state index contributed by atoms with van der Waals surface area (Å²) >= 11 is 12.0. The van der Waals surface area contributed by atoms with Gasteiger partial charge in [0.2, 0.25) is 0 Å². The molecule has 0 aromatic rings. The standard InChI is InChI=1S/C10H13Cl2NO2/c1-2-3-4-7-10(11,12)13-8(14)5-6-9(13)15/h5-6H,2-4,7H2,1H3. The summed E-state index contributed by atoms with van der Waals surface area (Å²) < 4.78 is -1.41. The Labute approximate surface area is 99.0 Å². The summed E-state index contributed by atoms with van der Waals surface area (Å²) in [6.45, 7) is 2.05. The lowest BCUT2D eigenvalue weighted by molar-refractivity contribution is -0.138. The zero-order valence-corrected chi connectivity index (χ0v) is 10.0. The van der Waals surface area contributed by atoms with Gasteiger partial charge in [-0.15, -0.1) is 0 Å². The van der Waals surface area contributed by atoms with E-state index in [1.54, 1.807) is 0 Å². The number of unbranched alkanes of at least 4 members (excludes halogenated alkanes) is 2. The maximum Gasteiger partial charge on any atom is 0.256 e.